The van der Waals surface area contributed by atoms with Gasteiger partial charge in [0.25, 0.3) is 0 Å². The average Bonchev–Trinajstić information content (AvgIpc) is 2.96. The summed E-state index contributed by atoms with van der Waals surface area (Å²) in [5, 5.41) is 0.903. The summed E-state index contributed by atoms with van der Waals surface area (Å²) in [5.41, 5.74) is 1.39. The average molecular weight is 339 g/mol. The lowest BCUT2D eigenvalue weighted by Gasteiger charge is -2.08. The molecule has 0 atom stereocenters. The summed E-state index contributed by atoms with van der Waals surface area (Å²) in [4.78, 5) is 11.9. The summed E-state index contributed by atoms with van der Waals surface area (Å²) < 4.78 is 15.7. The molecule has 6 heteroatoms. The van der Waals surface area contributed by atoms with Crippen molar-refractivity contribution in [1.29, 1.82) is 0 Å². The number of benzene rings is 2. The van der Waals surface area contributed by atoms with Crippen LogP contribution in [-0.4, -0.2) is 12.8 Å². The van der Waals surface area contributed by atoms with Gasteiger partial charge in [-0.05, 0) is 29.8 Å². The smallest absolute Gasteiger partial charge is 0.310 e. The second kappa shape index (κ2) is 6.46. The number of fused-ring (bicyclic) bond motifs is 1. The molecule has 0 aliphatic carbocycles. The number of esters is 1. The van der Waals surface area contributed by atoms with Crippen LogP contribution in [0.1, 0.15) is 11.1 Å². The lowest BCUT2D eigenvalue weighted by molar-refractivity contribution is -0.144. The van der Waals surface area contributed by atoms with Crippen molar-refractivity contribution in [2.75, 3.05) is 6.79 Å². The van der Waals surface area contributed by atoms with Gasteiger partial charge in [0.2, 0.25) is 6.79 Å². The summed E-state index contributed by atoms with van der Waals surface area (Å²) in [5.74, 6) is 0.952. The summed E-state index contributed by atoms with van der Waals surface area (Å²) in [6.45, 7) is 0.362. The number of halogens is 2. The Morgan fingerprint density at radius 1 is 1.09 bits per heavy atom. The fourth-order valence-electron chi connectivity index (χ4n) is 2.09. The van der Waals surface area contributed by atoms with Crippen molar-refractivity contribution in [2.45, 2.75) is 13.0 Å². The van der Waals surface area contributed by atoms with Crippen LogP contribution >= 0.6 is 23.2 Å². The maximum Gasteiger partial charge on any atom is 0.310 e. The summed E-state index contributed by atoms with van der Waals surface area (Å²) >= 11 is 12.1. The van der Waals surface area contributed by atoms with Gasteiger partial charge < -0.3 is 14.2 Å². The summed E-state index contributed by atoms with van der Waals surface area (Å²) in [6, 6.07) is 10.5. The molecule has 2 aromatic rings. The van der Waals surface area contributed by atoms with E-state index in [-0.39, 0.29) is 19.8 Å². The second-order valence-corrected chi connectivity index (χ2v) is 5.54. The van der Waals surface area contributed by atoms with Crippen molar-refractivity contribution in [3.05, 3.63) is 57.6 Å². The molecule has 0 aromatic heterocycles. The Bertz CT molecular complexity index is 695. The molecule has 3 rings (SSSR count). The van der Waals surface area contributed by atoms with Gasteiger partial charge in [-0.1, -0.05) is 35.3 Å². The Kier molecular flexibility index (Phi) is 4.41. The molecule has 0 amide bonds. The van der Waals surface area contributed by atoms with Crippen LogP contribution in [0.15, 0.2) is 36.4 Å². The predicted octanol–water partition coefficient (Wildman–Crippen LogP) is 4.01. The molecular formula is C16H12Cl2O4. The van der Waals surface area contributed by atoms with Crippen LogP contribution in [0, 0.1) is 0 Å². The van der Waals surface area contributed by atoms with E-state index in [0.717, 1.165) is 5.56 Å². The van der Waals surface area contributed by atoms with Gasteiger partial charge in [-0.3, -0.25) is 4.79 Å². The molecule has 1 heterocycles. The zero-order valence-electron chi connectivity index (χ0n) is 11.5. The maximum atomic E-state index is 11.9. The summed E-state index contributed by atoms with van der Waals surface area (Å²) in [7, 11) is 0. The highest BCUT2D eigenvalue weighted by Crippen LogP contribution is 2.32. The highest BCUT2D eigenvalue weighted by atomic mass is 35.5. The van der Waals surface area contributed by atoms with Gasteiger partial charge in [-0.25, -0.2) is 0 Å². The SMILES string of the molecule is O=C(Cc1c(Cl)cccc1Cl)OCc1ccc2c(c1)OCO2. The van der Waals surface area contributed by atoms with Gasteiger partial charge in [0.05, 0.1) is 6.42 Å². The maximum absolute atomic E-state index is 11.9. The molecule has 0 saturated heterocycles. The van der Waals surface area contributed by atoms with E-state index in [1.807, 2.05) is 6.07 Å². The quantitative estimate of drug-likeness (QED) is 0.790. The molecule has 0 saturated carbocycles. The molecule has 0 spiro atoms. The van der Waals surface area contributed by atoms with Gasteiger partial charge >= 0.3 is 5.97 Å². The standard InChI is InChI=1S/C16H12Cl2O4/c17-12-2-1-3-13(18)11(12)7-16(19)20-8-10-4-5-14-15(6-10)22-9-21-14/h1-6H,7-9H2. The van der Waals surface area contributed by atoms with E-state index in [0.29, 0.717) is 27.1 Å². The number of ether oxygens (including phenoxy) is 3. The molecule has 4 nitrogen and oxygen atoms in total. The fourth-order valence-corrected chi connectivity index (χ4v) is 2.62. The lowest BCUT2D eigenvalue weighted by Crippen LogP contribution is -2.08. The van der Waals surface area contributed by atoms with Gasteiger partial charge in [-0.15, -0.1) is 0 Å². The largest absolute Gasteiger partial charge is 0.461 e. The molecular weight excluding hydrogens is 327 g/mol. The Morgan fingerprint density at radius 2 is 1.82 bits per heavy atom. The number of carbonyl (C=O) groups excluding carboxylic acids is 1. The Balaban J connectivity index is 1.61. The van der Waals surface area contributed by atoms with Crippen LogP contribution in [0.25, 0.3) is 0 Å². The van der Waals surface area contributed by atoms with Crippen molar-refractivity contribution < 1.29 is 19.0 Å². The third kappa shape index (κ3) is 3.29. The van der Waals surface area contributed by atoms with E-state index in [2.05, 4.69) is 0 Å². The van der Waals surface area contributed by atoms with Gasteiger partial charge in [0.15, 0.2) is 11.5 Å². The Labute approximate surface area is 137 Å². The zero-order valence-corrected chi connectivity index (χ0v) is 13.0. The molecule has 22 heavy (non-hydrogen) atoms. The summed E-state index contributed by atoms with van der Waals surface area (Å²) in [6.07, 6.45) is 0.0308. The molecule has 0 radical (unpaired) electrons. The molecule has 0 fully saturated rings. The third-order valence-electron chi connectivity index (χ3n) is 3.22. The molecule has 2 aromatic carbocycles. The Morgan fingerprint density at radius 3 is 2.59 bits per heavy atom. The van der Waals surface area contributed by atoms with Crippen LogP contribution in [0.5, 0.6) is 11.5 Å². The minimum Gasteiger partial charge on any atom is -0.461 e. The first kappa shape index (κ1) is 15.0. The zero-order chi connectivity index (χ0) is 15.5. The van der Waals surface area contributed by atoms with Crippen LogP contribution in [0.3, 0.4) is 0 Å². The van der Waals surface area contributed by atoms with Crippen LogP contribution in [-0.2, 0) is 22.6 Å². The van der Waals surface area contributed by atoms with E-state index in [1.54, 1.807) is 30.3 Å². The van der Waals surface area contributed by atoms with Crippen molar-refractivity contribution in [3.63, 3.8) is 0 Å². The van der Waals surface area contributed by atoms with E-state index in [4.69, 9.17) is 37.4 Å². The number of hydrogen-bond donors (Lipinski definition) is 0. The molecule has 114 valence electrons. The van der Waals surface area contributed by atoms with E-state index < -0.39 is 5.97 Å². The van der Waals surface area contributed by atoms with Crippen molar-refractivity contribution >= 4 is 29.2 Å². The highest BCUT2D eigenvalue weighted by Gasteiger charge is 2.15. The van der Waals surface area contributed by atoms with Crippen LogP contribution in [0.4, 0.5) is 0 Å². The van der Waals surface area contributed by atoms with Crippen molar-refractivity contribution in [3.8, 4) is 11.5 Å². The monoisotopic (exact) mass is 338 g/mol. The Hall–Kier alpha value is -1.91. The first-order chi connectivity index (χ1) is 10.6. The van der Waals surface area contributed by atoms with Gasteiger partial charge in [0, 0.05) is 15.6 Å². The highest BCUT2D eigenvalue weighted by molar-refractivity contribution is 6.36. The van der Waals surface area contributed by atoms with Crippen molar-refractivity contribution in [2.24, 2.45) is 0 Å². The molecule has 0 N–H and O–H groups in total. The number of rotatable bonds is 4. The first-order valence-corrected chi connectivity index (χ1v) is 7.36. The molecule has 1 aliphatic heterocycles. The topological polar surface area (TPSA) is 44.8 Å². The molecule has 0 unspecified atom stereocenters. The number of hydrogen-bond acceptors (Lipinski definition) is 4. The van der Waals surface area contributed by atoms with Gasteiger partial charge in [-0.2, -0.15) is 0 Å². The molecule has 1 aliphatic rings. The van der Waals surface area contributed by atoms with Crippen LogP contribution in [0.2, 0.25) is 10.0 Å². The van der Waals surface area contributed by atoms with E-state index >= 15 is 0 Å². The fraction of sp³-hybridized carbons (Fsp3) is 0.188. The number of carbonyl (C=O) groups is 1. The first-order valence-electron chi connectivity index (χ1n) is 6.60. The normalized spacial score (nSPS) is 12.3. The van der Waals surface area contributed by atoms with Gasteiger partial charge in [0.1, 0.15) is 6.61 Å². The minimum atomic E-state index is -0.396. The third-order valence-corrected chi connectivity index (χ3v) is 3.93. The van der Waals surface area contributed by atoms with Crippen LogP contribution < -0.4 is 9.47 Å². The minimum absolute atomic E-state index is 0.0308. The molecule has 0 bridgehead atoms. The van der Waals surface area contributed by atoms with Crippen molar-refractivity contribution in [1.82, 2.24) is 0 Å². The van der Waals surface area contributed by atoms with E-state index in [1.165, 1.54) is 0 Å². The second-order valence-electron chi connectivity index (χ2n) is 4.73. The lowest BCUT2D eigenvalue weighted by atomic mass is 10.1. The van der Waals surface area contributed by atoms with E-state index in [9.17, 15) is 4.79 Å². The predicted molar refractivity (Wildman–Crippen MR) is 82.5 cm³/mol.